The molecule has 196 valence electrons. The van der Waals surface area contributed by atoms with E-state index < -0.39 is 42.3 Å². The molecule has 11 nitrogen and oxygen atoms in total. The number of ether oxygens (including phenoxy) is 3. The Morgan fingerprint density at radius 2 is 1.83 bits per heavy atom. The Bertz CT molecular complexity index is 1070. The summed E-state index contributed by atoms with van der Waals surface area (Å²) in [5, 5.41) is 23.9. The van der Waals surface area contributed by atoms with Crippen molar-refractivity contribution in [2.45, 2.75) is 32.2 Å². The van der Waals surface area contributed by atoms with Crippen LogP contribution in [0.15, 0.2) is 46.8 Å². The van der Waals surface area contributed by atoms with Crippen LogP contribution in [0.2, 0.25) is 5.02 Å². The Hall–Kier alpha value is -3.41. The second-order valence-electron chi connectivity index (χ2n) is 7.72. The number of aliphatic carboxylic acids is 2. The van der Waals surface area contributed by atoms with Crippen LogP contribution in [0.3, 0.4) is 0 Å². The predicted molar refractivity (Wildman–Crippen MR) is 128 cm³/mol. The molecule has 36 heavy (non-hydrogen) atoms. The van der Waals surface area contributed by atoms with Crippen molar-refractivity contribution in [2.24, 2.45) is 0 Å². The monoisotopic (exact) mass is 524 g/mol. The molecule has 0 aliphatic carbocycles. The van der Waals surface area contributed by atoms with Crippen molar-refractivity contribution in [3.63, 3.8) is 0 Å². The van der Waals surface area contributed by atoms with E-state index in [2.05, 4.69) is 10.6 Å². The lowest BCUT2D eigenvalue weighted by Crippen LogP contribution is -2.40. The maximum atomic E-state index is 13.1. The average Bonchev–Trinajstić information content (AvgIpc) is 2.82. The highest BCUT2D eigenvalue weighted by Crippen LogP contribution is 2.41. The first-order valence-electron chi connectivity index (χ1n) is 11.1. The third kappa shape index (κ3) is 7.30. The molecule has 0 radical (unpaired) electrons. The van der Waals surface area contributed by atoms with Gasteiger partial charge in [-0.05, 0) is 25.5 Å². The van der Waals surface area contributed by atoms with Crippen molar-refractivity contribution >= 4 is 35.5 Å². The first-order chi connectivity index (χ1) is 17.1. The lowest BCUT2D eigenvalue weighted by Gasteiger charge is -2.31. The number of nitrogens with one attached hydrogen (secondary N) is 2. The van der Waals surface area contributed by atoms with E-state index in [1.807, 2.05) is 0 Å². The van der Waals surface area contributed by atoms with Crippen molar-refractivity contribution in [2.75, 3.05) is 33.5 Å². The van der Waals surface area contributed by atoms with Gasteiger partial charge in [0.05, 0.1) is 56.1 Å². The van der Waals surface area contributed by atoms with Gasteiger partial charge in [0.25, 0.3) is 0 Å². The topological polar surface area (TPSA) is 160 Å². The van der Waals surface area contributed by atoms with Crippen molar-refractivity contribution in [3.05, 3.63) is 57.4 Å². The number of hydrogen-bond donors (Lipinski definition) is 4. The van der Waals surface area contributed by atoms with E-state index in [-0.39, 0.29) is 37.5 Å². The minimum atomic E-state index is -1.29. The standard InChI is InChI=1S/C24H29ClN2O9/c1-4-36-24(33)21-17(12-35-10-9-26-16(22(30)31)11-18(28)29)27-13(2)19(23(32)34-3)20(21)14-7-5-6-8-15(14)25/h5-8,16,20,26-27H,4,9-12H2,1-3H3,(H,28,29)(H,30,31)/t16?,20-/m1/s1. The minimum Gasteiger partial charge on any atom is -0.481 e. The van der Waals surface area contributed by atoms with Gasteiger partial charge < -0.3 is 35.1 Å². The fourth-order valence-electron chi connectivity index (χ4n) is 3.76. The molecule has 0 saturated heterocycles. The number of esters is 2. The van der Waals surface area contributed by atoms with Gasteiger partial charge in [-0.2, -0.15) is 0 Å². The fraction of sp³-hybridized carbons (Fsp3) is 0.417. The molecule has 2 rings (SSSR count). The first kappa shape index (κ1) is 28.8. The molecule has 0 saturated carbocycles. The zero-order chi connectivity index (χ0) is 26.8. The third-order valence-corrected chi connectivity index (χ3v) is 5.67. The van der Waals surface area contributed by atoms with Gasteiger partial charge in [0.2, 0.25) is 0 Å². The van der Waals surface area contributed by atoms with E-state index in [1.54, 1.807) is 38.1 Å². The van der Waals surface area contributed by atoms with E-state index >= 15 is 0 Å². The molecule has 0 aromatic heterocycles. The Labute approximate surface area is 213 Å². The van der Waals surface area contributed by atoms with Crippen LogP contribution in [0.25, 0.3) is 0 Å². The molecule has 1 aromatic carbocycles. The lowest BCUT2D eigenvalue weighted by atomic mass is 9.80. The van der Waals surface area contributed by atoms with Crippen LogP contribution in [-0.4, -0.2) is 73.6 Å². The molecule has 0 bridgehead atoms. The van der Waals surface area contributed by atoms with Gasteiger partial charge in [-0.1, -0.05) is 29.8 Å². The Morgan fingerprint density at radius 3 is 2.42 bits per heavy atom. The minimum absolute atomic E-state index is 0.00800. The number of allylic oxidation sites excluding steroid dienone is 1. The molecule has 2 atom stereocenters. The molecular weight excluding hydrogens is 496 g/mol. The van der Waals surface area contributed by atoms with Gasteiger partial charge in [-0.3, -0.25) is 9.59 Å². The van der Waals surface area contributed by atoms with Crippen LogP contribution in [0.4, 0.5) is 0 Å². The van der Waals surface area contributed by atoms with E-state index in [0.717, 1.165) is 0 Å². The molecule has 1 aliphatic heterocycles. The lowest BCUT2D eigenvalue weighted by molar-refractivity contribution is -0.146. The Morgan fingerprint density at radius 1 is 1.14 bits per heavy atom. The zero-order valence-corrected chi connectivity index (χ0v) is 20.9. The summed E-state index contributed by atoms with van der Waals surface area (Å²) in [5.41, 5.74) is 1.59. The number of dihydropyridines is 1. The number of carbonyl (C=O) groups excluding carboxylic acids is 2. The second-order valence-corrected chi connectivity index (χ2v) is 8.13. The van der Waals surface area contributed by atoms with Gasteiger partial charge in [-0.15, -0.1) is 0 Å². The quantitative estimate of drug-likeness (QED) is 0.220. The van der Waals surface area contributed by atoms with Crippen molar-refractivity contribution in [3.8, 4) is 0 Å². The SMILES string of the molecule is CCOC(=O)C1=C(COCCNC(CC(=O)O)C(=O)O)NC(C)=C(C(=O)OC)[C@H]1c1ccccc1Cl. The second kappa shape index (κ2) is 13.6. The average molecular weight is 525 g/mol. The Balaban J connectivity index is 2.35. The van der Waals surface area contributed by atoms with Crippen LogP contribution in [0, 0.1) is 0 Å². The predicted octanol–water partition coefficient (Wildman–Crippen LogP) is 1.83. The summed E-state index contributed by atoms with van der Waals surface area (Å²) in [6.07, 6.45) is -0.588. The number of carboxylic acids is 2. The number of halogens is 1. The van der Waals surface area contributed by atoms with Gasteiger partial charge in [0, 0.05) is 17.3 Å². The van der Waals surface area contributed by atoms with Gasteiger partial charge in [0.15, 0.2) is 0 Å². The van der Waals surface area contributed by atoms with E-state index in [4.69, 9.17) is 36.0 Å². The van der Waals surface area contributed by atoms with Crippen molar-refractivity contribution in [1.82, 2.24) is 10.6 Å². The largest absolute Gasteiger partial charge is 0.481 e. The van der Waals surface area contributed by atoms with Gasteiger partial charge in [-0.25, -0.2) is 9.59 Å². The van der Waals surface area contributed by atoms with Crippen LogP contribution >= 0.6 is 11.6 Å². The third-order valence-electron chi connectivity index (χ3n) is 5.32. The summed E-state index contributed by atoms with van der Waals surface area (Å²) >= 11 is 6.45. The highest BCUT2D eigenvalue weighted by atomic mass is 35.5. The van der Waals surface area contributed by atoms with Gasteiger partial charge >= 0.3 is 23.9 Å². The number of benzene rings is 1. The smallest absolute Gasteiger partial charge is 0.336 e. The molecule has 1 aromatic rings. The van der Waals surface area contributed by atoms with E-state index in [0.29, 0.717) is 22.0 Å². The Kier molecular flexibility index (Phi) is 10.9. The maximum Gasteiger partial charge on any atom is 0.336 e. The number of methoxy groups -OCH3 is 1. The molecule has 4 N–H and O–H groups in total. The highest BCUT2D eigenvalue weighted by molar-refractivity contribution is 6.31. The number of rotatable bonds is 13. The number of carbonyl (C=O) groups is 4. The van der Waals surface area contributed by atoms with Crippen LogP contribution in [0.5, 0.6) is 0 Å². The fourth-order valence-corrected chi connectivity index (χ4v) is 4.01. The molecule has 0 amide bonds. The summed E-state index contributed by atoms with van der Waals surface area (Å²) in [6, 6.07) is 5.52. The van der Waals surface area contributed by atoms with Crippen LogP contribution in [0.1, 0.15) is 31.7 Å². The van der Waals surface area contributed by atoms with Crippen molar-refractivity contribution < 1.29 is 43.6 Å². The summed E-state index contributed by atoms with van der Waals surface area (Å²) in [6.45, 7) is 3.34. The van der Waals surface area contributed by atoms with E-state index in [9.17, 15) is 19.2 Å². The van der Waals surface area contributed by atoms with Crippen molar-refractivity contribution in [1.29, 1.82) is 0 Å². The summed E-state index contributed by atoms with van der Waals surface area (Å²) in [7, 11) is 1.24. The number of hydrogen-bond acceptors (Lipinski definition) is 9. The summed E-state index contributed by atoms with van der Waals surface area (Å²) in [4.78, 5) is 47.8. The normalized spacial score (nSPS) is 16.3. The number of carboxylic acid groups (broad SMARTS) is 2. The molecule has 1 unspecified atom stereocenters. The molecule has 12 heteroatoms. The first-order valence-corrected chi connectivity index (χ1v) is 11.5. The molecule has 1 aliphatic rings. The van der Waals surface area contributed by atoms with Gasteiger partial charge in [0.1, 0.15) is 6.04 Å². The van der Waals surface area contributed by atoms with Crippen LogP contribution in [-0.2, 0) is 33.4 Å². The zero-order valence-electron chi connectivity index (χ0n) is 20.1. The molecular formula is C24H29ClN2O9. The molecule has 0 fully saturated rings. The molecule has 0 spiro atoms. The summed E-state index contributed by atoms with van der Waals surface area (Å²) in [5.74, 6) is -4.75. The summed E-state index contributed by atoms with van der Waals surface area (Å²) < 4.78 is 15.9. The van der Waals surface area contributed by atoms with Crippen LogP contribution < -0.4 is 10.6 Å². The van der Waals surface area contributed by atoms with E-state index in [1.165, 1.54) is 7.11 Å². The highest BCUT2D eigenvalue weighted by Gasteiger charge is 2.39. The maximum absolute atomic E-state index is 13.1. The molecule has 1 heterocycles.